The largest absolute Gasteiger partial charge is 0.481 e. The van der Waals surface area contributed by atoms with Crippen LogP contribution in [-0.4, -0.2) is 81.4 Å². The lowest BCUT2D eigenvalue weighted by Gasteiger charge is -2.32. The molecule has 1 aliphatic heterocycles. The Labute approximate surface area is 114 Å². The Morgan fingerprint density at radius 1 is 1.26 bits per heavy atom. The summed E-state index contributed by atoms with van der Waals surface area (Å²) >= 11 is 0. The highest BCUT2D eigenvalue weighted by Crippen LogP contribution is 1.98. The molecule has 1 aliphatic rings. The van der Waals surface area contributed by atoms with Gasteiger partial charge in [0, 0.05) is 45.7 Å². The summed E-state index contributed by atoms with van der Waals surface area (Å²) in [5, 5.41) is 8.45. The van der Waals surface area contributed by atoms with E-state index in [1.54, 1.807) is 0 Å². The molecule has 1 rings (SSSR count). The lowest BCUT2D eigenvalue weighted by atomic mass is 10.3. The second-order valence-electron chi connectivity index (χ2n) is 4.86. The predicted octanol–water partition coefficient (Wildman–Crippen LogP) is -0.982. The summed E-state index contributed by atoms with van der Waals surface area (Å²) in [5.41, 5.74) is 0. The van der Waals surface area contributed by atoms with Crippen LogP contribution in [0.15, 0.2) is 0 Å². The average Bonchev–Trinajstić information content (AvgIpc) is 2.30. The van der Waals surface area contributed by atoms with Gasteiger partial charge in [-0.15, -0.1) is 0 Å². The van der Waals surface area contributed by atoms with E-state index in [-0.39, 0.29) is 18.6 Å². The molecule has 1 fully saturated rings. The maximum absolute atomic E-state index is 11.6. The summed E-state index contributed by atoms with van der Waals surface area (Å²) in [7, 11) is -1.27. The Bertz CT molecular complexity index is 377. The van der Waals surface area contributed by atoms with Gasteiger partial charge in [-0.1, -0.05) is 0 Å². The Kier molecular flexibility index (Phi) is 6.70. The maximum Gasteiger partial charge on any atom is 0.303 e. The number of likely N-dealkylation sites (N-methyl/N-ethyl adjacent to an activating group) is 1. The van der Waals surface area contributed by atoms with Crippen molar-refractivity contribution in [2.24, 2.45) is 0 Å². The quantitative estimate of drug-likeness (QED) is 0.598. The van der Waals surface area contributed by atoms with E-state index in [1.165, 1.54) is 0 Å². The van der Waals surface area contributed by atoms with Crippen molar-refractivity contribution < 1.29 is 18.3 Å². The molecule has 8 heteroatoms. The molecule has 1 heterocycles. The highest BCUT2D eigenvalue weighted by atomic mass is 32.2. The van der Waals surface area contributed by atoms with Gasteiger partial charge in [0.25, 0.3) is 0 Å². The Morgan fingerprint density at radius 3 is 2.47 bits per heavy atom. The molecular formula is C11H23N3O4S. The van der Waals surface area contributed by atoms with Gasteiger partial charge >= 0.3 is 5.97 Å². The molecule has 0 aromatic rings. The summed E-state index contributed by atoms with van der Waals surface area (Å²) in [6, 6.07) is 0. The van der Waals surface area contributed by atoms with Gasteiger partial charge in [0.2, 0.25) is 10.0 Å². The highest BCUT2D eigenvalue weighted by molar-refractivity contribution is 7.89. The van der Waals surface area contributed by atoms with Gasteiger partial charge < -0.3 is 10.0 Å². The van der Waals surface area contributed by atoms with E-state index >= 15 is 0 Å². The number of aliphatic carboxylic acids is 1. The molecule has 0 unspecified atom stereocenters. The SMILES string of the molecule is CN1CCN(CCNS(=O)(=O)CCCC(=O)O)CC1. The minimum atomic E-state index is -3.34. The number of hydrogen-bond acceptors (Lipinski definition) is 5. The smallest absolute Gasteiger partial charge is 0.303 e. The lowest BCUT2D eigenvalue weighted by molar-refractivity contribution is -0.137. The molecule has 0 saturated carbocycles. The highest BCUT2D eigenvalue weighted by Gasteiger charge is 2.15. The monoisotopic (exact) mass is 293 g/mol. The van der Waals surface area contributed by atoms with E-state index < -0.39 is 16.0 Å². The molecule has 0 aromatic carbocycles. The predicted molar refractivity (Wildman–Crippen MR) is 72.6 cm³/mol. The fraction of sp³-hybridized carbons (Fsp3) is 0.909. The normalized spacial score (nSPS) is 18.6. The first kappa shape index (κ1) is 16.4. The van der Waals surface area contributed by atoms with Crippen LogP contribution in [0.1, 0.15) is 12.8 Å². The number of rotatable bonds is 8. The van der Waals surface area contributed by atoms with Gasteiger partial charge in [-0.25, -0.2) is 13.1 Å². The molecule has 0 radical (unpaired) electrons. The summed E-state index contributed by atoms with van der Waals surface area (Å²) in [6.45, 7) is 5.01. The van der Waals surface area contributed by atoms with Crippen molar-refractivity contribution in [3.8, 4) is 0 Å². The molecule has 0 aliphatic carbocycles. The summed E-state index contributed by atoms with van der Waals surface area (Å²) in [6.07, 6.45) is 0.0402. The fourth-order valence-corrected chi connectivity index (χ4v) is 2.99. The summed E-state index contributed by atoms with van der Waals surface area (Å²) < 4.78 is 25.7. The minimum Gasteiger partial charge on any atom is -0.481 e. The second-order valence-corrected chi connectivity index (χ2v) is 6.78. The Hall–Kier alpha value is -0.700. The average molecular weight is 293 g/mol. The van der Waals surface area contributed by atoms with Crippen molar-refractivity contribution in [2.45, 2.75) is 12.8 Å². The van der Waals surface area contributed by atoms with Crippen LogP contribution >= 0.6 is 0 Å². The first-order valence-corrected chi connectivity index (χ1v) is 8.14. The van der Waals surface area contributed by atoms with Crippen LogP contribution in [-0.2, 0) is 14.8 Å². The molecule has 0 spiro atoms. The zero-order valence-corrected chi connectivity index (χ0v) is 12.2. The molecule has 0 amide bonds. The van der Waals surface area contributed by atoms with Crippen molar-refractivity contribution in [3.63, 3.8) is 0 Å². The van der Waals surface area contributed by atoms with E-state index in [0.29, 0.717) is 13.1 Å². The third-order valence-corrected chi connectivity index (χ3v) is 4.62. The van der Waals surface area contributed by atoms with Gasteiger partial charge in [-0.3, -0.25) is 9.69 Å². The number of nitrogens with zero attached hydrogens (tertiary/aromatic N) is 2. The van der Waals surface area contributed by atoms with Gasteiger partial charge in [0.1, 0.15) is 0 Å². The standard InChI is InChI=1S/C11H23N3O4S/c1-13-6-8-14(9-7-13)5-4-12-19(17,18)10-2-3-11(15)16/h12H,2-10H2,1H3,(H,15,16). The zero-order valence-electron chi connectivity index (χ0n) is 11.3. The maximum atomic E-state index is 11.6. The number of hydrogen-bond donors (Lipinski definition) is 2. The third kappa shape index (κ3) is 7.46. The van der Waals surface area contributed by atoms with Gasteiger partial charge in [-0.2, -0.15) is 0 Å². The van der Waals surface area contributed by atoms with E-state index in [0.717, 1.165) is 26.2 Å². The number of carboxylic acid groups (broad SMARTS) is 1. The first-order chi connectivity index (χ1) is 8.89. The van der Waals surface area contributed by atoms with Crippen molar-refractivity contribution in [2.75, 3.05) is 52.1 Å². The Balaban J connectivity index is 2.15. The van der Waals surface area contributed by atoms with Crippen molar-refractivity contribution in [1.29, 1.82) is 0 Å². The van der Waals surface area contributed by atoms with E-state index in [9.17, 15) is 13.2 Å². The van der Waals surface area contributed by atoms with Gasteiger partial charge in [0.05, 0.1) is 5.75 Å². The summed E-state index contributed by atoms with van der Waals surface area (Å²) in [5.74, 6) is -1.09. The number of carbonyl (C=O) groups is 1. The fourth-order valence-electron chi connectivity index (χ4n) is 1.92. The summed E-state index contributed by atoms with van der Waals surface area (Å²) in [4.78, 5) is 14.8. The van der Waals surface area contributed by atoms with Crippen molar-refractivity contribution in [3.05, 3.63) is 0 Å². The van der Waals surface area contributed by atoms with Crippen LogP contribution in [0.4, 0.5) is 0 Å². The molecule has 7 nitrogen and oxygen atoms in total. The second kappa shape index (κ2) is 7.78. The van der Waals surface area contributed by atoms with Crippen LogP contribution in [0.25, 0.3) is 0 Å². The number of piperazine rings is 1. The van der Waals surface area contributed by atoms with Crippen LogP contribution in [0.2, 0.25) is 0 Å². The first-order valence-electron chi connectivity index (χ1n) is 6.49. The topological polar surface area (TPSA) is 90.0 Å². The molecule has 0 aromatic heterocycles. The van der Waals surface area contributed by atoms with E-state index in [4.69, 9.17) is 5.11 Å². The Morgan fingerprint density at radius 2 is 1.89 bits per heavy atom. The number of carboxylic acids is 1. The molecule has 0 atom stereocenters. The molecule has 1 saturated heterocycles. The third-order valence-electron chi connectivity index (χ3n) is 3.15. The zero-order chi connectivity index (χ0) is 14.3. The molecule has 19 heavy (non-hydrogen) atoms. The van der Waals surface area contributed by atoms with Crippen LogP contribution in [0.5, 0.6) is 0 Å². The van der Waals surface area contributed by atoms with Gasteiger partial charge in [-0.05, 0) is 13.5 Å². The minimum absolute atomic E-state index is 0.112. The lowest BCUT2D eigenvalue weighted by Crippen LogP contribution is -2.47. The molecule has 0 bridgehead atoms. The van der Waals surface area contributed by atoms with Gasteiger partial charge in [0.15, 0.2) is 0 Å². The van der Waals surface area contributed by atoms with E-state index in [2.05, 4.69) is 21.6 Å². The van der Waals surface area contributed by atoms with Crippen LogP contribution < -0.4 is 4.72 Å². The molecule has 112 valence electrons. The molecular weight excluding hydrogens is 270 g/mol. The van der Waals surface area contributed by atoms with Crippen LogP contribution in [0.3, 0.4) is 0 Å². The van der Waals surface area contributed by atoms with Crippen molar-refractivity contribution >= 4 is 16.0 Å². The number of sulfonamides is 1. The molecule has 2 N–H and O–H groups in total. The van der Waals surface area contributed by atoms with E-state index in [1.807, 2.05) is 0 Å². The number of nitrogens with one attached hydrogen (secondary N) is 1. The van der Waals surface area contributed by atoms with Crippen molar-refractivity contribution in [1.82, 2.24) is 14.5 Å². The van der Waals surface area contributed by atoms with Crippen LogP contribution in [0, 0.1) is 0 Å².